The van der Waals surface area contributed by atoms with Crippen molar-refractivity contribution in [3.05, 3.63) is 176 Å². The second-order valence-electron chi connectivity index (χ2n) is 13.4. The molecule has 4 nitrogen and oxygen atoms in total. The minimum Gasteiger partial charge on any atom is -0.456 e. The normalized spacial score (nSPS) is 11.8. The number of fused-ring (bicyclic) bond motifs is 8. The molecule has 0 aliphatic heterocycles. The van der Waals surface area contributed by atoms with Crippen LogP contribution in [0.3, 0.4) is 0 Å². The summed E-state index contributed by atoms with van der Waals surface area (Å²) in [6.07, 6.45) is 0. The molecule has 11 rings (SSSR count). The summed E-state index contributed by atoms with van der Waals surface area (Å²) in [4.78, 5) is 10.8. The molecule has 8 aromatic carbocycles. The van der Waals surface area contributed by atoms with E-state index in [-0.39, 0.29) is 0 Å². The minimum absolute atomic E-state index is 0.642. The third kappa shape index (κ3) is 4.41. The third-order valence-corrected chi connectivity index (χ3v) is 10.4. The predicted molar refractivity (Wildman–Crippen MR) is 215 cm³/mol. The first-order chi connectivity index (χ1) is 25.8. The zero-order chi connectivity index (χ0) is 34.2. The standard InChI is InChI=1S/C48H29N3O/c1-3-13-30(14-4-1)38-28-41-42(29-39(38)31-15-5-2-6-16-31)49-47(34-23-24-37-36-20-10-12-22-45(36)52-46(37)27-34)50-48(41)51-43-21-11-9-19-35(43)40-25-32-17-7-8-18-33(32)26-44(40)51/h1-29H. The van der Waals surface area contributed by atoms with E-state index in [0.717, 1.165) is 77.5 Å². The predicted octanol–water partition coefficient (Wildman–Crippen LogP) is 12.8. The summed E-state index contributed by atoms with van der Waals surface area (Å²) in [5.41, 5.74) is 10.2. The maximum absolute atomic E-state index is 6.34. The number of hydrogen-bond donors (Lipinski definition) is 0. The highest BCUT2D eigenvalue weighted by Gasteiger charge is 2.21. The van der Waals surface area contributed by atoms with Crippen molar-refractivity contribution in [1.29, 1.82) is 0 Å². The Morgan fingerprint density at radius 2 is 1.02 bits per heavy atom. The number of furan rings is 1. The Kier molecular flexibility index (Phi) is 6.22. The van der Waals surface area contributed by atoms with Gasteiger partial charge in [-0.1, -0.05) is 127 Å². The molecule has 0 saturated carbocycles. The zero-order valence-electron chi connectivity index (χ0n) is 28.0. The zero-order valence-corrected chi connectivity index (χ0v) is 28.0. The Labute approximate surface area is 298 Å². The summed E-state index contributed by atoms with van der Waals surface area (Å²) in [6, 6.07) is 62.1. The van der Waals surface area contributed by atoms with Crippen molar-refractivity contribution in [2.24, 2.45) is 0 Å². The molecule has 0 bridgehead atoms. The van der Waals surface area contributed by atoms with Gasteiger partial charge in [-0.25, -0.2) is 9.97 Å². The Balaban J connectivity index is 1.27. The molecule has 3 aromatic heterocycles. The molecule has 52 heavy (non-hydrogen) atoms. The Morgan fingerprint density at radius 1 is 0.385 bits per heavy atom. The van der Waals surface area contributed by atoms with Gasteiger partial charge in [-0.3, -0.25) is 4.57 Å². The van der Waals surface area contributed by atoms with Crippen LogP contribution in [-0.2, 0) is 0 Å². The van der Waals surface area contributed by atoms with E-state index < -0.39 is 0 Å². The highest BCUT2D eigenvalue weighted by atomic mass is 16.3. The van der Waals surface area contributed by atoms with Crippen molar-refractivity contribution in [3.8, 4) is 39.5 Å². The van der Waals surface area contributed by atoms with E-state index in [1.165, 1.54) is 21.5 Å². The molecule has 0 unspecified atom stereocenters. The first-order valence-corrected chi connectivity index (χ1v) is 17.6. The van der Waals surface area contributed by atoms with Crippen molar-refractivity contribution in [1.82, 2.24) is 14.5 Å². The second-order valence-corrected chi connectivity index (χ2v) is 13.4. The summed E-state index contributed by atoms with van der Waals surface area (Å²) in [5.74, 6) is 1.48. The van der Waals surface area contributed by atoms with Crippen LogP contribution >= 0.6 is 0 Å². The Morgan fingerprint density at radius 3 is 1.81 bits per heavy atom. The molecule has 0 N–H and O–H groups in total. The fourth-order valence-corrected chi connectivity index (χ4v) is 7.92. The maximum Gasteiger partial charge on any atom is 0.162 e. The Bertz CT molecular complexity index is 3180. The van der Waals surface area contributed by atoms with E-state index in [2.05, 4.69) is 162 Å². The number of rotatable bonds is 4. The molecule has 4 heteroatoms. The van der Waals surface area contributed by atoms with Gasteiger partial charge < -0.3 is 4.42 Å². The molecule has 11 aromatic rings. The van der Waals surface area contributed by atoms with Gasteiger partial charge in [0.05, 0.1) is 16.6 Å². The molecule has 0 fully saturated rings. The van der Waals surface area contributed by atoms with E-state index in [4.69, 9.17) is 14.4 Å². The van der Waals surface area contributed by atoms with Crippen LogP contribution < -0.4 is 0 Å². The number of para-hydroxylation sites is 2. The molecule has 0 aliphatic rings. The third-order valence-electron chi connectivity index (χ3n) is 10.4. The van der Waals surface area contributed by atoms with Gasteiger partial charge in [-0.2, -0.15) is 0 Å². The first-order valence-electron chi connectivity index (χ1n) is 17.6. The van der Waals surface area contributed by atoms with Gasteiger partial charge in [0.25, 0.3) is 0 Å². The second kappa shape index (κ2) is 11.2. The van der Waals surface area contributed by atoms with Crippen LogP contribution in [0, 0.1) is 0 Å². The molecule has 0 spiro atoms. The van der Waals surface area contributed by atoms with Crippen LogP contribution in [0.25, 0.3) is 105 Å². The van der Waals surface area contributed by atoms with Crippen molar-refractivity contribution in [2.75, 3.05) is 0 Å². The number of hydrogen-bond acceptors (Lipinski definition) is 3. The average molecular weight is 664 g/mol. The lowest BCUT2D eigenvalue weighted by atomic mass is 9.92. The van der Waals surface area contributed by atoms with Crippen LogP contribution in [-0.4, -0.2) is 14.5 Å². The van der Waals surface area contributed by atoms with Gasteiger partial charge in [0, 0.05) is 32.5 Å². The molecular formula is C48H29N3O. The Hall–Kier alpha value is -7.04. The van der Waals surface area contributed by atoms with Crippen LogP contribution in [0.5, 0.6) is 0 Å². The first kappa shape index (κ1) is 28.8. The van der Waals surface area contributed by atoms with Gasteiger partial charge >= 0.3 is 0 Å². The summed E-state index contributed by atoms with van der Waals surface area (Å²) < 4.78 is 8.68. The highest BCUT2D eigenvalue weighted by molar-refractivity contribution is 6.14. The largest absolute Gasteiger partial charge is 0.456 e. The summed E-state index contributed by atoms with van der Waals surface area (Å²) >= 11 is 0. The average Bonchev–Trinajstić information content (AvgIpc) is 3.74. The molecule has 0 aliphatic carbocycles. The van der Waals surface area contributed by atoms with Gasteiger partial charge in [-0.05, 0) is 81.6 Å². The van der Waals surface area contributed by atoms with Gasteiger partial charge in [0.15, 0.2) is 5.82 Å². The molecule has 3 heterocycles. The van der Waals surface area contributed by atoms with E-state index in [1.807, 2.05) is 18.2 Å². The van der Waals surface area contributed by atoms with Crippen molar-refractivity contribution in [2.45, 2.75) is 0 Å². The fraction of sp³-hybridized carbons (Fsp3) is 0. The maximum atomic E-state index is 6.34. The smallest absolute Gasteiger partial charge is 0.162 e. The van der Waals surface area contributed by atoms with E-state index in [1.54, 1.807) is 0 Å². The van der Waals surface area contributed by atoms with E-state index in [0.29, 0.717) is 5.82 Å². The topological polar surface area (TPSA) is 43.9 Å². The molecule has 0 radical (unpaired) electrons. The van der Waals surface area contributed by atoms with Crippen molar-refractivity contribution >= 4 is 65.4 Å². The van der Waals surface area contributed by atoms with Crippen LogP contribution in [0.1, 0.15) is 0 Å². The lowest BCUT2D eigenvalue weighted by molar-refractivity contribution is 0.669. The quantitative estimate of drug-likeness (QED) is 0.188. The number of nitrogens with zero attached hydrogens (tertiary/aromatic N) is 3. The fourth-order valence-electron chi connectivity index (χ4n) is 7.92. The number of aromatic nitrogens is 3. The molecular weight excluding hydrogens is 635 g/mol. The minimum atomic E-state index is 0.642. The number of benzene rings is 8. The summed E-state index contributed by atoms with van der Waals surface area (Å²) in [5, 5.41) is 7.92. The van der Waals surface area contributed by atoms with E-state index in [9.17, 15) is 0 Å². The van der Waals surface area contributed by atoms with Crippen molar-refractivity contribution in [3.63, 3.8) is 0 Å². The molecule has 0 saturated heterocycles. The summed E-state index contributed by atoms with van der Waals surface area (Å²) in [7, 11) is 0. The SMILES string of the molecule is c1ccc(-c2cc3nc(-c4ccc5c(c4)oc4ccccc45)nc(-n4c5ccccc5c5cc6ccccc6cc54)c3cc2-c2ccccc2)cc1. The van der Waals surface area contributed by atoms with Crippen LogP contribution in [0.15, 0.2) is 180 Å². The van der Waals surface area contributed by atoms with Gasteiger partial charge in [0.2, 0.25) is 0 Å². The van der Waals surface area contributed by atoms with E-state index >= 15 is 0 Å². The lowest BCUT2D eigenvalue weighted by Crippen LogP contribution is -2.03. The van der Waals surface area contributed by atoms with Gasteiger partial charge in [-0.15, -0.1) is 0 Å². The monoisotopic (exact) mass is 663 g/mol. The lowest BCUT2D eigenvalue weighted by Gasteiger charge is -2.17. The molecule has 242 valence electrons. The highest BCUT2D eigenvalue weighted by Crippen LogP contribution is 2.41. The molecule has 0 atom stereocenters. The van der Waals surface area contributed by atoms with Crippen LogP contribution in [0.4, 0.5) is 0 Å². The van der Waals surface area contributed by atoms with Crippen molar-refractivity contribution < 1.29 is 4.42 Å². The molecule has 0 amide bonds. The van der Waals surface area contributed by atoms with Crippen LogP contribution in [0.2, 0.25) is 0 Å². The summed E-state index contributed by atoms with van der Waals surface area (Å²) in [6.45, 7) is 0. The van der Waals surface area contributed by atoms with Gasteiger partial charge in [0.1, 0.15) is 17.0 Å².